The summed E-state index contributed by atoms with van der Waals surface area (Å²) in [5.41, 5.74) is 4.06. The van der Waals surface area contributed by atoms with Gasteiger partial charge in [0.2, 0.25) is 0 Å². The number of non-ortho nitro benzene ring substituents is 1. The molecule has 0 heterocycles. The predicted octanol–water partition coefficient (Wildman–Crippen LogP) is 6.98. The second-order valence-electron chi connectivity index (χ2n) is 7.48. The number of anilines is 3. The Morgan fingerprint density at radius 1 is 0.743 bits per heavy atom. The van der Waals surface area contributed by atoms with Crippen molar-refractivity contribution < 1.29 is 9.72 Å². The number of nitrogens with one attached hydrogen (secondary N) is 3. The van der Waals surface area contributed by atoms with Crippen LogP contribution in [0.2, 0.25) is 5.02 Å². The molecule has 0 saturated heterocycles. The van der Waals surface area contributed by atoms with Crippen LogP contribution in [0.25, 0.3) is 11.1 Å². The molecule has 4 rings (SSSR count). The number of carbonyl (C=O) groups excluding carboxylic acids is 1. The van der Waals surface area contributed by atoms with Crippen molar-refractivity contribution in [2.24, 2.45) is 0 Å². The lowest BCUT2D eigenvalue weighted by molar-refractivity contribution is -0.384. The summed E-state index contributed by atoms with van der Waals surface area (Å²) < 4.78 is 0. The molecule has 0 fully saturated rings. The van der Waals surface area contributed by atoms with Gasteiger partial charge in [-0.25, -0.2) is 0 Å². The van der Waals surface area contributed by atoms with E-state index in [1.54, 1.807) is 12.1 Å². The molecule has 0 atom stereocenters. The zero-order valence-corrected chi connectivity index (χ0v) is 19.8. The van der Waals surface area contributed by atoms with E-state index >= 15 is 0 Å². The van der Waals surface area contributed by atoms with Crippen LogP contribution in [-0.2, 0) is 0 Å². The van der Waals surface area contributed by atoms with Gasteiger partial charge in [-0.2, -0.15) is 0 Å². The molecule has 1 amide bonds. The van der Waals surface area contributed by atoms with Crippen LogP contribution in [0.5, 0.6) is 0 Å². The fourth-order valence-corrected chi connectivity index (χ4v) is 3.75. The summed E-state index contributed by atoms with van der Waals surface area (Å²) in [5.74, 6) is -0.526. The van der Waals surface area contributed by atoms with E-state index in [1.165, 1.54) is 12.1 Å². The number of hydrogen-bond acceptors (Lipinski definition) is 4. The predicted molar refractivity (Wildman–Crippen MR) is 144 cm³/mol. The van der Waals surface area contributed by atoms with Gasteiger partial charge < -0.3 is 16.0 Å². The molecule has 3 N–H and O–H groups in total. The lowest BCUT2D eigenvalue weighted by Crippen LogP contribution is -2.18. The highest BCUT2D eigenvalue weighted by molar-refractivity contribution is 7.80. The number of amides is 1. The van der Waals surface area contributed by atoms with Crippen molar-refractivity contribution in [3.8, 4) is 11.1 Å². The Kier molecular flexibility index (Phi) is 7.35. The molecule has 9 heteroatoms. The third-order valence-corrected chi connectivity index (χ3v) is 5.59. The second-order valence-corrected chi connectivity index (χ2v) is 8.29. The first kappa shape index (κ1) is 23.9. The van der Waals surface area contributed by atoms with Gasteiger partial charge in [-0.05, 0) is 65.8 Å². The minimum absolute atomic E-state index is 0.0349. The van der Waals surface area contributed by atoms with E-state index in [4.69, 9.17) is 23.8 Å². The molecule has 0 aliphatic rings. The zero-order valence-electron chi connectivity index (χ0n) is 18.2. The number of para-hydroxylation sites is 1. The average Bonchev–Trinajstić information content (AvgIpc) is 2.85. The summed E-state index contributed by atoms with van der Waals surface area (Å²) >= 11 is 11.4. The molecule has 0 aromatic heterocycles. The number of nitro groups is 1. The molecule has 0 saturated carbocycles. The van der Waals surface area contributed by atoms with E-state index < -0.39 is 10.8 Å². The fraction of sp³-hybridized carbons (Fsp3) is 0. The highest BCUT2D eigenvalue weighted by atomic mass is 35.5. The molecular weight excluding hydrogens is 484 g/mol. The van der Waals surface area contributed by atoms with Gasteiger partial charge in [0.1, 0.15) is 0 Å². The second kappa shape index (κ2) is 10.8. The number of thiocarbonyl (C=S) groups is 1. The molecule has 0 spiro atoms. The van der Waals surface area contributed by atoms with Crippen molar-refractivity contribution in [3.05, 3.63) is 118 Å². The fourth-order valence-electron chi connectivity index (χ4n) is 3.31. The van der Waals surface area contributed by atoms with Gasteiger partial charge in [0.15, 0.2) is 5.11 Å². The number of benzene rings is 4. The van der Waals surface area contributed by atoms with Crippen LogP contribution < -0.4 is 16.0 Å². The summed E-state index contributed by atoms with van der Waals surface area (Å²) in [6.07, 6.45) is 0. The van der Waals surface area contributed by atoms with Crippen LogP contribution in [0.4, 0.5) is 22.7 Å². The van der Waals surface area contributed by atoms with Gasteiger partial charge in [0, 0.05) is 29.2 Å². The largest absolute Gasteiger partial charge is 0.332 e. The van der Waals surface area contributed by atoms with E-state index in [2.05, 4.69) is 16.0 Å². The monoisotopic (exact) mass is 502 g/mol. The van der Waals surface area contributed by atoms with Gasteiger partial charge in [0.25, 0.3) is 11.6 Å². The molecule has 174 valence electrons. The van der Waals surface area contributed by atoms with E-state index in [0.29, 0.717) is 10.8 Å². The Morgan fingerprint density at radius 2 is 1.26 bits per heavy atom. The molecular formula is C26H19ClN4O3S. The normalized spacial score (nSPS) is 10.3. The summed E-state index contributed by atoms with van der Waals surface area (Å²) in [5, 5.41) is 20.6. The molecule has 4 aromatic carbocycles. The highest BCUT2D eigenvalue weighted by Crippen LogP contribution is 2.26. The first-order valence-corrected chi connectivity index (χ1v) is 11.3. The Morgan fingerprint density at radius 3 is 1.80 bits per heavy atom. The number of carbonyl (C=O) groups is 1. The summed E-state index contributed by atoms with van der Waals surface area (Å²) in [7, 11) is 0. The smallest absolute Gasteiger partial charge is 0.270 e. The Labute approximate surface area is 211 Å². The third-order valence-electron chi connectivity index (χ3n) is 5.06. The van der Waals surface area contributed by atoms with Crippen molar-refractivity contribution in [2.75, 3.05) is 16.0 Å². The van der Waals surface area contributed by atoms with E-state index in [-0.39, 0.29) is 16.3 Å². The van der Waals surface area contributed by atoms with Gasteiger partial charge in [0.05, 0.1) is 15.5 Å². The van der Waals surface area contributed by atoms with Crippen LogP contribution in [0.1, 0.15) is 10.4 Å². The average molecular weight is 503 g/mol. The quantitative estimate of drug-likeness (QED) is 0.149. The van der Waals surface area contributed by atoms with Crippen LogP contribution in [0, 0.1) is 10.1 Å². The van der Waals surface area contributed by atoms with Gasteiger partial charge in [-0.3, -0.25) is 14.9 Å². The maximum Gasteiger partial charge on any atom is 0.270 e. The molecule has 0 aliphatic carbocycles. The zero-order chi connectivity index (χ0) is 24.8. The van der Waals surface area contributed by atoms with Crippen molar-refractivity contribution in [3.63, 3.8) is 0 Å². The van der Waals surface area contributed by atoms with Gasteiger partial charge >= 0.3 is 0 Å². The highest BCUT2D eigenvalue weighted by Gasteiger charge is 2.16. The van der Waals surface area contributed by atoms with Crippen LogP contribution in [-0.4, -0.2) is 15.9 Å². The SMILES string of the molecule is O=C(Nc1ccc(-c2ccc(NC(=S)Nc3ccccc3)cc2)cc1)c1cc([N+](=O)[O-])ccc1Cl. The first-order chi connectivity index (χ1) is 16.9. The Bertz CT molecular complexity index is 1380. The number of nitrogens with zero attached hydrogens (tertiary/aromatic N) is 1. The van der Waals surface area contributed by atoms with Crippen molar-refractivity contribution in [2.45, 2.75) is 0 Å². The van der Waals surface area contributed by atoms with Crippen molar-refractivity contribution in [1.29, 1.82) is 0 Å². The Balaban J connectivity index is 1.39. The van der Waals surface area contributed by atoms with E-state index in [9.17, 15) is 14.9 Å². The van der Waals surface area contributed by atoms with Gasteiger partial charge in [-0.1, -0.05) is 54.1 Å². The van der Waals surface area contributed by atoms with Crippen LogP contribution >= 0.6 is 23.8 Å². The van der Waals surface area contributed by atoms with E-state index in [1.807, 2.05) is 66.7 Å². The van der Waals surface area contributed by atoms with Crippen LogP contribution in [0.3, 0.4) is 0 Å². The summed E-state index contributed by atoms with van der Waals surface area (Å²) in [4.78, 5) is 23.0. The number of halogens is 1. The molecule has 35 heavy (non-hydrogen) atoms. The standard InChI is InChI=1S/C26H19ClN4O3S/c27-24-15-14-22(31(33)34)16-23(24)25(32)28-20-10-6-17(7-11-20)18-8-12-21(13-9-18)30-26(35)29-19-4-2-1-3-5-19/h1-16H,(H,28,32)(H2,29,30,35). The minimum atomic E-state index is -0.573. The maximum atomic E-state index is 12.6. The molecule has 0 aliphatic heterocycles. The third kappa shape index (κ3) is 6.20. The minimum Gasteiger partial charge on any atom is -0.332 e. The number of nitro benzene ring substituents is 1. The molecule has 0 radical (unpaired) electrons. The van der Waals surface area contributed by atoms with Crippen molar-refractivity contribution in [1.82, 2.24) is 0 Å². The molecule has 4 aromatic rings. The molecule has 0 unspecified atom stereocenters. The Hall–Kier alpha value is -4.27. The van der Waals surface area contributed by atoms with E-state index in [0.717, 1.165) is 28.6 Å². The molecule has 0 bridgehead atoms. The molecule has 7 nitrogen and oxygen atoms in total. The topological polar surface area (TPSA) is 96.3 Å². The number of rotatable bonds is 6. The first-order valence-electron chi connectivity index (χ1n) is 10.5. The van der Waals surface area contributed by atoms with Crippen molar-refractivity contribution >= 4 is 57.6 Å². The maximum absolute atomic E-state index is 12.6. The number of hydrogen-bond donors (Lipinski definition) is 3. The lowest BCUT2D eigenvalue weighted by Gasteiger charge is -2.11. The van der Waals surface area contributed by atoms with Gasteiger partial charge in [-0.15, -0.1) is 0 Å². The summed E-state index contributed by atoms with van der Waals surface area (Å²) in [6, 6.07) is 28.4. The lowest BCUT2D eigenvalue weighted by atomic mass is 10.0. The van der Waals surface area contributed by atoms with Crippen LogP contribution in [0.15, 0.2) is 97.1 Å². The summed E-state index contributed by atoms with van der Waals surface area (Å²) in [6.45, 7) is 0.